The zero-order valence-corrected chi connectivity index (χ0v) is 19.8. The largest absolute Gasteiger partial charge is 0.496 e. The molecule has 0 bridgehead atoms. The molecule has 0 aliphatic carbocycles. The van der Waals surface area contributed by atoms with Crippen molar-refractivity contribution < 1.29 is 9.26 Å². The minimum absolute atomic E-state index is 0.114. The number of hydrogen-bond acceptors (Lipinski definition) is 7. The van der Waals surface area contributed by atoms with Crippen LogP contribution in [-0.4, -0.2) is 26.8 Å². The zero-order chi connectivity index (χ0) is 23.7. The minimum Gasteiger partial charge on any atom is -0.496 e. The van der Waals surface area contributed by atoms with Gasteiger partial charge in [0.05, 0.1) is 35.0 Å². The van der Waals surface area contributed by atoms with Gasteiger partial charge < -0.3 is 9.26 Å². The molecule has 34 heavy (non-hydrogen) atoms. The van der Waals surface area contributed by atoms with Crippen molar-refractivity contribution in [2.24, 2.45) is 0 Å². The van der Waals surface area contributed by atoms with Gasteiger partial charge in [-0.2, -0.15) is 4.98 Å². The van der Waals surface area contributed by atoms with Gasteiger partial charge in [-0.25, -0.2) is 4.98 Å². The van der Waals surface area contributed by atoms with E-state index in [1.165, 1.54) is 11.8 Å². The maximum atomic E-state index is 13.5. The predicted octanol–water partition coefficient (Wildman–Crippen LogP) is 5.35. The summed E-state index contributed by atoms with van der Waals surface area (Å²) in [6.07, 6.45) is 0. The van der Waals surface area contributed by atoms with Crippen LogP contribution < -0.4 is 10.3 Å². The summed E-state index contributed by atoms with van der Waals surface area (Å²) in [7, 11) is 1.60. The summed E-state index contributed by atoms with van der Waals surface area (Å²) in [5, 5.41) is 5.24. The molecule has 0 spiro atoms. The fourth-order valence-electron chi connectivity index (χ4n) is 3.68. The highest BCUT2D eigenvalue weighted by Gasteiger charge is 2.17. The van der Waals surface area contributed by atoms with Crippen LogP contribution in [0.4, 0.5) is 0 Å². The van der Waals surface area contributed by atoms with Crippen LogP contribution in [0.15, 0.2) is 81.2 Å². The Hall–Kier alpha value is -3.91. The van der Waals surface area contributed by atoms with Crippen molar-refractivity contribution in [1.82, 2.24) is 19.7 Å². The minimum atomic E-state index is -0.114. The van der Waals surface area contributed by atoms with E-state index in [1.54, 1.807) is 17.7 Å². The second-order valence-corrected chi connectivity index (χ2v) is 8.76. The fourth-order valence-corrected chi connectivity index (χ4v) is 4.53. The first kappa shape index (κ1) is 21.9. The molecule has 3 aromatic carbocycles. The summed E-state index contributed by atoms with van der Waals surface area (Å²) in [5.41, 5.74) is 4.32. The summed E-state index contributed by atoms with van der Waals surface area (Å²) in [6, 6.07) is 20.8. The van der Waals surface area contributed by atoms with E-state index < -0.39 is 0 Å². The standard InChI is InChI=1S/C26H22N4O3S/c1-16-12-13-18(14-17(16)2)30-25(31)19-8-4-6-10-21(19)27-26(30)34-15-23-28-24(29-33-23)20-9-5-7-11-22(20)32-3/h4-14H,15H2,1-3H3. The molecule has 2 heterocycles. The van der Waals surface area contributed by atoms with Crippen molar-refractivity contribution in [3.8, 4) is 22.8 Å². The molecule has 0 aliphatic heterocycles. The van der Waals surface area contributed by atoms with Gasteiger partial charge in [-0.05, 0) is 61.4 Å². The van der Waals surface area contributed by atoms with E-state index in [0.29, 0.717) is 39.3 Å². The van der Waals surface area contributed by atoms with Gasteiger partial charge in [0.15, 0.2) is 5.16 Å². The number of benzene rings is 3. The molecule has 0 saturated carbocycles. The van der Waals surface area contributed by atoms with Crippen molar-refractivity contribution in [2.45, 2.75) is 24.8 Å². The Morgan fingerprint density at radius 1 is 0.971 bits per heavy atom. The topological polar surface area (TPSA) is 83.0 Å². The third-order valence-corrected chi connectivity index (χ3v) is 6.56. The maximum absolute atomic E-state index is 13.5. The molecule has 0 N–H and O–H groups in total. The summed E-state index contributed by atoms with van der Waals surface area (Å²) >= 11 is 1.38. The zero-order valence-electron chi connectivity index (χ0n) is 19.0. The van der Waals surface area contributed by atoms with Gasteiger partial charge in [0.25, 0.3) is 5.56 Å². The molecular formula is C26H22N4O3S. The van der Waals surface area contributed by atoms with Crippen molar-refractivity contribution in [3.05, 3.63) is 94.1 Å². The molecule has 0 aliphatic rings. The Balaban J connectivity index is 1.52. The van der Waals surface area contributed by atoms with Crippen LogP contribution in [0.25, 0.3) is 28.0 Å². The highest BCUT2D eigenvalue weighted by atomic mass is 32.2. The molecule has 8 heteroatoms. The average molecular weight is 471 g/mol. The van der Waals surface area contributed by atoms with Gasteiger partial charge in [0.2, 0.25) is 11.7 Å². The number of thioether (sulfide) groups is 1. The van der Waals surface area contributed by atoms with Crippen molar-refractivity contribution in [2.75, 3.05) is 7.11 Å². The Labute approximate surface area is 200 Å². The highest BCUT2D eigenvalue weighted by Crippen LogP contribution is 2.29. The van der Waals surface area contributed by atoms with E-state index in [9.17, 15) is 4.79 Å². The van der Waals surface area contributed by atoms with Crippen LogP contribution in [0.2, 0.25) is 0 Å². The van der Waals surface area contributed by atoms with Gasteiger partial charge in [0.1, 0.15) is 5.75 Å². The van der Waals surface area contributed by atoms with Crippen LogP contribution in [0, 0.1) is 13.8 Å². The van der Waals surface area contributed by atoms with Crippen molar-refractivity contribution in [3.63, 3.8) is 0 Å². The number of aryl methyl sites for hydroxylation is 2. The lowest BCUT2D eigenvalue weighted by Crippen LogP contribution is -2.22. The Kier molecular flexibility index (Phi) is 5.90. The highest BCUT2D eigenvalue weighted by molar-refractivity contribution is 7.98. The van der Waals surface area contributed by atoms with Crippen LogP contribution in [0.3, 0.4) is 0 Å². The van der Waals surface area contributed by atoms with Crippen LogP contribution in [0.1, 0.15) is 17.0 Å². The molecule has 7 nitrogen and oxygen atoms in total. The molecular weight excluding hydrogens is 448 g/mol. The van der Waals surface area contributed by atoms with Crippen LogP contribution in [-0.2, 0) is 5.75 Å². The van der Waals surface area contributed by atoms with Gasteiger partial charge in [-0.15, -0.1) is 0 Å². The first-order chi connectivity index (χ1) is 16.5. The molecule has 5 rings (SSSR count). The molecule has 0 unspecified atom stereocenters. The fraction of sp³-hybridized carbons (Fsp3) is 0.154. The van der Waals surface area contributed by atoms with Crippen LogP contribution >= 0.6 is 11.8 Å². The molecule has 5 aromatic rings. The molecule has 0 saturated heterocycles. The number of para-hydroxylation sites is 2. The summed E-state index contributed by atoms with van der Waals surface area (Å²) in [6.45, 7) is 4.08. The summed E-state index contributed by atoms with van der Waals surface area (Å²) in [5.74, 6) is 1.91. The second kappa shape index (κ2) is 9.15. The molecule has 0 fully saturated rings. The molecule has 170 valence electrons. The van der Waals surface area contributed by atoms with Gasteiger partial charge in [0, 0.05) is 0 Å². The number of hydrogen-bond donors (Lipinski definition) is 0. The first-order valence-electron chi connectivity index (χ1n) is 10.7. The quantitative estimate of drug-likeness (QED) is 0.244. The van der Waals surface area contributed by atoms with E-state index in [2.05, 4.69) is 10.1 Å². The van der Waals surface area contributed by atoms with E-state index >= 15 is 0 Å². The molecule has 2 aromatic heterocycles. The number of nitrogens with zero attached hydrogens (tertiary/aromatic N) is 4. The molecule has 0 atom stereocenters. The Morgan fingerprint density at radius 2 is 1.76 bits per heavy atom. The second-order valence-electron chi connectivity index (χ2n) is 7.82. The van der Waals surface area contributed by atoms with Gasteiger partial charge in [-0.1, -0.05) is 47.3 Å². The number of methoxy groups -OCH3 is 1. The number of aromatic nitrogens is 4. The van der Waals surface area contributed by atoms with Gasteiger partial charge in [-0.3, -0.25) is 9.36 Å². The van der Waals surface area contributed by atoms with Crippen molar-refractivity contribution in [1.29, 1.82) is 0 Å². The Morgan fingerprint density at radius 3 is 2.59 bits per heavy atom. The van der Waals surface area contributed by atoms with E-state index in [0.717, 1.165) is 22.4 Å². The average Bonchev–Trinajstić information content (AvgIpc) is 3.33. The monoisotopic (exact) mass is 470 g/mol. The Bertz CT molecular complexity index is 1560. The molecule has 0 amide bonds. The summed E-state index contributed by atoms with van der Waals surface area (Å²) < 4.78 is 12.5. The lowest BCUT2D eigenvalue weighted by molar-refractivity contribution is 0.390. The molecule has 0 radical (unpaired) electrons. The SMILES string of the molecule is COc1ccccc1-c1noc(CSc2nc3ccccc3c(=O)n2-c2ccc(C)c(C)c2)n1. The number of rotatable bonds is 6. The predicted molar refractivity (Wildman–Crippen MR) is 133 cm³/mol. The van der Waals surface area contributed by atoms with Crippen LogP contribution in [0.5, 0.6) is 5.75 Å². The number of fused-ring (bicyclic) bond motifs is 1. The van der Waals surface area contributed by atoms with E-state index in [1.807, 2.05) is 74.5 Å². The van der Waals surface area contributed by atoms with E-state index in [4.69, 9.17) is 14.2 Å². The summed E-state index contributed by atoms with van der Waals surface area (Å²) in [4.78, 5) is 22.8. The first-order valence-corrected chi connectivity index (χ1v) is 11.7. The third kappa shape index (κ3) is 4.08. The smallest absolute Gasteiger partial charge is 0.266 e. The van der Waals surface area contributed by atoms with Gasteiger partial charge >= 0.3 is 0 Å². The number of ether oxygens (including phenoxy) is 1. The maximum Gasteiger partial charge on any atom is 0.266 e. The van der Waals surface area contributed by atoms with Crippen molar-refractivity contribution >= 4 is 22.7 Å². The lowest BCUT2D eigenvalue weighted by Gasteiger charge is -2.14. The van der Waals surface area contributed by atoms with E-state index in [-0.39, 0.29) is 5.56 Å². The third-order valence-electron chi connectivity index (χ3n) is 5.63. The lowest BCUT2D eigenvalue weighted by atomic mass is 10.1. The normalized spacial score (nSPS) is 11.1.